The van der Waals surface area contributed by atoms with E-state index in [0.29, 0.717) is 11.5 Å². The predicted octanol–water partition coefficient (Wildman–Crippen LogP) is 1.42. The molecular weight excluding hydrogens is 230 g/mol. The summed E-state index contributed by atoms with van der Waals surface area (Å²) in [6, 6.07) is 5.66. The van der Waals surface area contributed by atoms with Crippen molar-refractivity contribution < 1.29 is 4.79 Å². The Balaban J connectivity index is 2.29. The third-order valence-corrected chi connectivity index (χ3v) is 2.63. The van der Waals surface area contributed by atoms with Gasteiger partial charge < -0.3 is 5.32 Å². The van der Waals surface area contributed by atoms with Crippen LogP contribution in [-0.4, -0.2) is 27.7 Å². The lowest BCUT2D eigenvalue weighted by molar-refractivity contribution is 0.102. The Hall–Kier alpha value is -2.37. The van der Waals surface area contributed by atoms with Gasteiger partial charge in [-0.05, 0) is 19.1 Å². The van der Waals surface area contributed by atoms with Gasteiger partial charge in [0.25, 0.3) is 5.91 Å². The maximum atomic E-state index is 12.2. The Bertz CT molecular complexity index is 576. The van der Waals surface area contributed by atoms with E-state index in [1.807, 2.05) is 25.1 Å². The molecule has 0 unspecified atom stereocenters. The molecule has 1 heterocycles. The molecule has 0 aliphatic rings. The number of aromatic nitrogens is 3. The number of hydrogen-bond acceptors (Lipinski definition) is 4. The lowest BCUT2D eigenvalue weighted by atomic mass is 10.1. The van der Waals surface area contributed by atoms with Crippen LogP contribution in [0.2, 0.25) is 0 Å². The van der Waals surface area contributed by atoms with E-state index in [2.05, 4.69) is 20.7 Å². The van der Waals surface area contributed by atoms with Crippen molar-refractivity contribution in [2.75, 3.05) is 17.7 Å². The van der Waals surface area contributed by atoms with E-state index in [0.717, 1.165) is 11.3 Å². The minimum Gasteiger partial charge on any atom is -0.387 e. The molecule has 1 amide bonds. The average Bonchev–Trinajstić information content (AvgIpc) is 2.75. The number of benzene rings is 1. The Kier molecular flexibility index (Phi) is 3.27. The first-order valence-electron chi connectivity index (χ1n) is 5.55. The number of rotatable bonds is 3. The molecule has 2 aromatic rings. The van der Waals surface area contributed by atoms with Crippen LogP contribution in [0.25, 0.3) is 0 Å². The van der Waals surface area contributed by atoms with E-state index in [-0.39, 0.29) is 5.91 Å². The molecule has 6 nitrogen and oxygen atoms in total. The number of nitrogens with zero attached hydrogens (tertiary/aromatic N) is 3. The van der Waals surface area contributed by atoms with Crippen LogP contribution < -0.4 is 10.6 Å². The predicted molar refractivity (Wildman–Crippen MR) is 69.7 cm³/mol. The summed E-state index contributed by atoms with van der Waals surface area (Å²) in [6.07, 6.45) is 1.39. The summed E-state index contributed by atoms with van der Waals surface area (Å²) >= 11 is 0. The van der Waals surface area contributed by atoms with E-state index in [9.17, 15) is 4.79 Å². The first kappa shape index (κ1) is 12.1. The fraction of sp³-hybridized carbons (Fsp3) is 0.250. The SMILES string of the molecule is CNc1ccc(C)cc1C(=O)Nc1ncnn1C. The fourth-order valence-electron chi connectivity index (χ4n) is 1.64. The van der Waals surface area contributed by atoms with Gasteiger partial charge in [-0.15, -0.1) is 0 Å². The minimum absolute atomic E-state index is 0.209. The number of carbonyl (C=O) groups is 1. The average molecular weight is 245 g/mol. The van der Waals surface area contributed by atoms with Crippen LogP contribution in [-0.2, 0) is 7.05 Å². The molecule has 0 spiro atoms. The molecule has 2 rings (SSSR count). The van der Waals surface area contributed by atoms with Gasteiger partial charge in [-0.2, -0.15) is 10.1 Å². The van der Waals surface area contributed by atoms with Crippen molar-refractivity contribution in [3.8, 4) is 0 Å². The quantitative estimate of drug-likeness (QED) is 0.857. The van der Waals surface area contributed by atoms with Crippen molar-refractivity contribution in [1.82, 2.24) is 14.8 Å². The molecular formula is C12H15N5O. The van der Waals surface area contributed by atoms with Gasteiger partial charge in [0.15, 0.2) is 0 Å². The highest BCUT2D eigenvalue weighted by Gasteiger charge is 2.13. The van der Waals surface area contributed by atoms with E-state index in [1.165, 1.54) is 11.0 Å². The Morgan fingerprint density at radius 2 is 2.17 bits per heavy atom. The van der Waals surface area contributed by atoms with Gasteiger partial charge in [0.1, 0.15) is 6.33 Å². The van der Waals surface area contributed by atoms with Crippen LogP contribution in [0.3, 0.4) is 0 Å². The number of nitrogens with one attached hydrogen (secondary N) is 2. The molecule has 0 radical (unpaired) electrons. The molecule has 94 valence electrons. The van der Waals surface area contributed by atoms with Gasteiger partial charge in [-0.3, -0.25) is 10.1 Å². The van der Waals surface area contributed by atoms with Gasteiger partial charge >= 0.3 is 0 Å². The van der Waals surface area contributed by atoms with Gasteiger partial charge in [-0.1, -0.05) is 11.6 Å². The van der Waals surface area contributed by atoms with E-state index < -0.39 is 0 Å². The molecule has 0 saturated heterocycles. The maximum Gasteiger partial charge on any atom is 0.260 e. The number of aryl methyl sites for hydroxylation is 2. The molecule has 1 aromatic carbocycles. The van der Waals surface area contributed by atoms with Crippen molar-refractivity contribution in [2.24, 2.45) is 7.05 Å². The maximum absolute atomic E-state index is 12.2. The second-order valence-electron chi connectivity index (χ2n) is 3.96. The second-order valence-corrected chi connectivity index (χ2v) is 3.96. The summed E-state index contributed by atoms with van der Waals surface area (Å²) in [5.74, 6) is 0.211. The summed E-state index contributed by atoms with van der Waals surface area (Å²) in [6.45, 7) is 1.94. The van der Waals surface area contributed by atoms with Gasteiger partial charge in [-0.25, -0.2) is 4.68 Å². The monoisotopic (exact) mass is 245 g/mol. The minimum atomic E-state index is -0.209. The van der Waals surface area contributed by atoms with Crippen molar-refractivity contribution in [3.63, 3.8) is 0 Å². The zero-order valence-corrected chi connectivity index (χ0v) is 10.6. The van der Waals surface area contributed by atoms with E-state index in [4.69, 9.17) is 0 Å². The highest BCUT2D eigenvalue weighted by molar-refractivity contribution is 6.07. The highest BCUT2D eigenvalue weighted by atomic mass is 16.1. The summed E-state index contributed by atoms with van der Waals surface area (Å²) in [5.41, 5.74) is 2.39. The van der Waals surface area contributed by atoms with Crippen molar-refractivity contribution in [2.45, 2.75) is 6.92 Å². The van der Waals surface area contributed by atoms with Crippen LogP contribution in [0.5, 0.6) is 0 Å². The van der Waals surface area contributed by atoms with Crippen molar-refractivity contribution >= 4 is 17.5 Å². The van der Waals surface area contributed by atoms with Crippen LogP contribution in [0.15, 0.2) is 24.5 Å². The van der Waals surface area contributed by atoms with Gasteiger partial charge in [0, 0.05) is 19.8 Å². The lowest BCUT2D eigenvalue weighted by Gasteiger charge is -2.10. The van der Waals surface area contributed by atoms with Crippen LogP contribution in [0.4, 0.5) is 11.6 Å². The molecule has 1 aromatic heterocycles. The van der Waals surface area contributed by atoms with E-state index >= 15 is 0 Å². The zero-order valence-electron chi connectivity index (χ0n) is 10.6. The molecule has 18 heavy (non-hydrogen) atoms. The van der Waals surface area contributed by atoms with Gasteiger partial charge in [0.2, 0.25) is 5.95 Å². The van der Waals surface area contributed by atoms with Crippen LogP contribution >= 0.6 is 0 Å². The standard InChI is InChI=1S/C12H15N5O/c1-8-4-5-10(13-2)9(6-8)11(18)16-12-14-7-15-17(12)3/h4-7,13H,1-3H3,(H,14,15,16,18). The highest BCUT2D eigenvalue weighted by Crippen LogP contribution is 2.18. The Morgan fingerprint density at radius 1 is 1.39 bits per heavy atom. The smallest absolute Gasteiger partial charge is 0.260 e. The first-order chi connectivity index (χ1) is 8.61. The Labute approximate surface area is 105 Å². The summed E-state index contributed by atoms with van der Waals surface area (Å²) < 4.78 is 1.51. The summed E-state index contributed by atoms with van der Waals surface area (Å²) in [5, 5.41) is 9.61. The normalized spacial score (nSPS) is 10.2. The van der Waals surface area contributed by atoms with Crippen molar-refractivity contribution in [1.29, 1.82) is 0 Å². The first-order valence-corrected chi connectivity index (χ1v) is 5.55. The third kappa shape index (κ3) is 2.32. The van der Waals surface area contributed by atoms with E-state index in [1.54, 1.807) is 14.1 Å². The Morgan fingerprint density at radius 3 is 2.78 bits per heavy atom. The number of hydrogen-bond donors (Lipinski definition) is 2. The molecule has 0 atom stereocenters. The molecule has 0 fully saturated rings. The number of carbonyl (C=O) groups excluding carboxylic acids is 1. The van der Waals surface area contributed by atoms with Gasteiger partial charge in [0.05, 0.1) is 5.56 Å². The zero-order chi connectivity index (χ0) is 13.1. The summed E-state index contributed by atoms with van der Waals surface area (Å²) in [7, 11) is 3.50. The van der Waals surface area contributed by atoms with Crippen LogP contribution in [0.1, 0.15) is 15.9 Å². The fourth-order valence-corrected chi connectivity index (χ4v) is 1.64. The lowest BCUT2D eigenvalue weighted by Crippen LogP contribution is -2.17. The topological polar surface area (TPSA) is 71.8 Å². The second kappa shape index (κ2) is 4.87. The molecule has 0 aliphatic carbocycles. The number of anilines is 2. The molecule has 2 N–H and O–H groups in total. The third-order valence-electron chi connectivity index (χ3n) is 2.63. The molecule has 0 aliphatic heterocycles. The van der Waals surface area contributed by atoms with Crippen molar-refractivity contribution in [3.05, 3.63) is 35.7 Å². The molecule has 6 heteroatoms. The molecule has 0 saturated carbocycles. The molecule has 0 bridgehead atoms. The largest absolute Gasteiger partial charge is 0.387 e. The summed E-state index contributed by atoms with van der Waals surface area (Å²) in [4.78, 5) is 16.1. The number of amides is 1. The van der Waals surface area contributed by atoms with Crippen LogP contribution in [0, 0.1) is 6.92 Å².